The van der Waals surface area contributed by atoms with Crippen LogP contribution in [0, 0.1) is 6.92 Å². The van der Waals surface area contributed by atoms with E-state index in [2.05, 4.69) is 15.4 Å². The van der Waals surface area contributed by atoms with Crippen molar-refractivity contribution in [2.24, 2.45) is 0 Å². The molecule has 7 nitrogen and oxygen atoms in total. The molecule has 25 heavy (non-hydrogen) atoms. The number of sulfonamides is 1. The average molecular weight is 365 g/mol. The van der Waals surface area contributed by atoms with Gasteiger partial charge in [0.1, 0.15) is 0 Å². The number of aryl methyl sites for hydroxylation is 1. The molecular formula is C17H23N3O4S. The van der Waals surface area contributed by atoms with Crippen LogP contribution in [0.3, 0.4) is 0 Å². The minimum absolute atomic E-state index is 0.0311. The van der Waals surface area contributed by atoms with Crippen molar-refractivity contribution in [1.82, 2.24) is 15.4 Å². The molecule has 2 rings (SSSR count). The Balaban J connectivity index is 1.67. The van der Waals surface area contributed by atoms with Gasteiger partial charge in [-0.3, -0.25) is 9.59 Å². The third kappa shape index (κ3) is 7.95. The number of hydrogen-bond acceptors (Lipinski definition) is 4. The molecule has 1 aromatic carbocycles. The van der Waals surface area contributed by atoms with E-state index in [1.807, 2.05) is 31.2 Å². The Bertz CT molecular complexity index is 738. The van der Waals surface area contributed by atoms with E-state index in [1.54, 1.807) is 0 Å². The Hall–Kier alpha value is -2.19. The minimum atomic E-state index is -3.61. The van der Waals surface area contributed by atoms with Crippen molar-refractivity contribution in [3.8, 4) is 0 Å². The maximum Gasteiger partial charge on any atom is 0.239 e. The predicted octanol–water partition coefficient (Wildman–Crippen LogP) is 0.670. The molecule has 1 aliphatic carbocycles. The Morgan fingerprint density at radius 1 is 1.16 bits per heavy atom. The normalized spacial score (nSPS) is 14.4. The molecule has 0 aliphatic heterocycles. The van der Waals surface area contributed by atoms with Crippen LogP contribution < -0.4 is 15.4 Å². The molecule has 1 aromatic rings. The fourth-order valence-corrected chi connectivity index (χ4v) is 2.79. The molecule has 0 radical (unpaired) electrons. The monoisotopic (exact) mass is 365 g/mol. The number of carbonyl (C=O) groups excluding carboxylic acids is 2. The van der Waals surface area contributed by atoms with Crippen LogP contribution in [-0.2, 0) is 19.6 Å². The van der Waals surface area contributed by atoms with Gasteiger partial charge < -0.3 is 10.6 Å². The van der Waals surface area contributed by atoms with E-state index in [-0.39, 0.29) is 37.4 Å². The van der Waals surface area contributed by atoms with Crippen LogP contribution in [0.2, 0.25) is 0 Å². The Morgan fingerprint density at radius 2 is 1.84 bits per heavy atom. The largest absolute Gasteiger partial charge is 0.352 e. The second-order valence-electron chi connectivity index (χ2n) is 6.02. The molecule has 136 valence electrons. The van der Waals surface area contributed by atoms with Crippen molar-refractivity contribution >= 4 is 27.9 Å². The molecule has 2 amide bonds. The molecule has 0 spiro atoms. The number of carbonyl (C=O) groups is 2. The van der Waals surface area contributed by atoms with E-state index in [4.69, 9.17) is 0 Å². The highest BCUT2D eigenvalue weighted by Gasteiger charge is 2.23. The van der Waals surface area contributed by atoms with Gasteiger partial charge in [-0.2, -0.15) is 0 Å². The summed E-state index contributed by atoms with van der Waals surface area (Å²) in [5, 5.41) is 6.28. The summed E-state index contributed by atoms with van der Waals surface area (Å²) in [7, 11) is -3.61. The smallest absolute Gasteiger partial charge is 0.239 e. The van der Waals surface area contributed by atoms with Gasteiger partial charge in [0.05, 0.1) is 6.54 Å². The molecule has 1 fully saturated rings. The van der Waals surface area contributed by atoms with Gasteiger partial charge >= 0.3 is 0 Å². The molecule has 0 bridgehead atoms. The van der Waals surface area contributed by atoms with Gasteiger partial charge in [0.2, 0.25) is 21.8 Å². The zero-order valence-electron chi connectivity index (χ0n) is 14.1. The predicted molar refractivity (Wildman–Crippen MR) is 95.9 cm³/mol. The fraction of sp³-hybridized carbons (Fsp3) is 0.412. The van der Waals surface area contributed by atoms with E-state index in [0.29, 0.717) is 0 Å². The van der Waals surface area contributed by atoms with Crippen LogP contribution in [0.15, 0.2) is 29.7 Å². The van der Waals surface area contributed by atoms with Crippen LogP contribution >= 0.6 is 0 Å². The SMILES string of the molecule is Cc1ccc(/C=C/S(=O)(=O)NCCC(=O)NCC(=O)NC2CC2)cc1. The summed E-state index contributed by atoms with van der Waals surface area (Å²) in [6, 6.07) is 7.67. The zero-order chi connectivity index (χ0) is 18.3. The van der Waals surface area contributed by atoms with Gasteiger partial charge in [-0.15, -0.1) is 0 Å². The zero-order valence-corrected chi connectivity index (χ0v) is 14.9. The highest BCUT2D eigenvalue weighted by Crippen LogP contribution is 2.18. The number of hydrogen-bond donors (Lipinski definition) is 3. The van der Waals surface area contributed by atoms with Crippen molar-refractivity contribution in [2.45, 2.75) is 32.2 Å². The number of amides is 2. The van der Waals surface area contributed by atoms with Crippen molar-refractivity contribution in [3.63, 3.8) is 0 Å². The fourth-order valence-electron chi connectivity index (χ4n) is 1.97. The maximum atomic E-state index is 11.9. The maximum absolute atomic E-state index is 11.9. The number of benzene rings is 1. The third-order valence-corrected chi connectivity index (χ3v) is 4.66. The topological polar surface area (TPSA) is 104 Å². The first-order chi connectivity index (χ1) is 11.8. The summed E-state index contributed by atoms with van der Waals surface area (Å²) in [6.07, 6.45) is 3.42. The van der Waals surface area contributed by atoms with Gasteiger partial charge in [0, 0.05) is 24.4 Å². The van der Waals surface area contributed by atoms with Crippen molar-refractivity contribution in [2.75, 3.05) is 13.1 Å². The lowest BCUT2D eigenvalue weighted by atomic mass is 10.2. The Labute approximate surface area is 147 Å². The Morgan fingerprint density at radius 3 is 2.48 bits per heavy atom. The van der Waals surface area contributed by atoms with Crippen LogP contribution in [0.25, 0.3) is 6.08 Å². The lowest BCUT2D eigenvalue weighted by molar-refractivity contribution is -0.126. The summed E-state index contributed by atoms with van der Waals surface area (Å²) in [4.78, 5) is 23.0. The standard InChI is InChI=1S/C17H23N3O4S/c1-13-2-4-14(5-3-13)9-11-25(23,24)19-10-8-16(21)18-12-17(22)20-15-6-7-15/h2-5,9,11,15,19H,6-8,10,12H2,1H3,(H,18,21)(H,20,22)/b11-9+. The van der Waals surface area contributed by atoms with Gasteiger partial charge in [-0.1, -0.05) is 29.8 Å². The Kier molecular flexibility index (Phi) is 6.72. The van der Waals surface area contributed by atoms with Crippen LogP contribution in [0.1, 0.15) is 30.4 Å². The molecule has 8 heteroatoms. The second-order valence-corrected chi connectivity index (χ2v) is 7.67. The summed E-state index contributed by atoms with van der Waals surface area (Å²) in [5.74, 6) is -0.603. The molecular weight excluding hydrogens is 342 g/mol. The first kappa shape index (κ1) is 19.1. The van der Waals surface area contributed by atoms with E-state index in [9.17, 15) is 18.0 Å². The summed E-state index contributed by atoms with van der Waals surface area (Å²) < 4.78 is 26.0. The highest BCUT2D eigenvalue weighted by atomic mass is 32.2. The van der Waals surface area contributed by atoms with Crippen LogP contribution in [0.4, 0.5) is 0 Å². The molecule has 1 saturated carbocycles. The molecule has 1 aliphatic rings. The lowest BCUT2D eigenvalue weighted by Crippen LogP contribution is -2.38. The first-order valence-electron chi connectivity index (χ1n) is 8.14. The first-order valence-corrected chi connectivity index (χ1v) is 9.69. The molecule has 0 heterocycles. The summed E-state index contributed by atoms with van der Waals surface area (Å²) in [6.45, 7) is 1.83. The highest BCUT2D eigenvalue weighted by molar-refractivity contribution is 7.92. The van der Waals surface area contributed by atoms with Gasteiger partial charge in [0.15, 0.2) is 0 Å². The van der Waals surface area contributed by atoms with E-state index < -0.39 is 10.0 Å². The average Bonchev–Trinajstić information content (AvgIpc) is 3.36. The van der Waals surface area contributed by atoms with E-state index >= 15 is 0 Å². The molecule has 0 atom stereocenters. The summed E-state index contributed by atoms with van der Waals surface area (Å²) >= 11 is 0. The molecule has 0 unspecified atom stereocenters. The van der Waals surface area contributed by atoms with Gasteiger partial charge in [-0.05, 0) is 31.4 Å². The number of nitrogens with one attached hydrogen (secondary N) is 3. The second kappa shape index (κ2) is 8.77. The lowest BCUT2D eigenvalue weighted by Gasteiger charge is -2.06. The molecule has 3 N–H and O–H groups in total. The van der Waals surface area contributed by atoms with Crippen molar-refractivity contribution in [1.29, 1.82) is 0 Å². The van der Waals surface area contributed by atoms with Crippen molar-refractivity contribution < 1.29 is 18.0 Å². The molecule has 0 aromatic heterocycles. The van der Waals surface area contributed by atoms with Crippen LogP contribution in [0.5, 0.6) is 0 Å². The molecule has 0 saturated heterocycles. The summed E-state index contributed by atoms with van der Waals surface area (Å²) in [5.41, 5.74) is 1.87. The quantitative estimate of drug-likeness (QED) is 0.598. The number of rotatable bonds is 9. The van der Waals surface area contributed by atoms with Gasteiger partial charge in [0.25, 0.3) is 0 Å². The van der Waals surface area contributed by atoms with E-state index in [1.165, 1.54) is 6.08 Å². The van der Waals surface area contributed by atoms with Gasteiger partial charge in [-0.25, -0.2) is 13.1 Å². The van der Waals surface area contributed by atoms with Crippen molar-refractivity contribution in [3.05, 3.63) is 40.8 Å². The minimum Gasteiger partial charge on any atom is -0.352 e. The van der Waals surface area contributed by atoms with Crippen LogP contribution in [-0.4, -0.2) is 39.4 Å². The van der Waals surface area contributed by atoms with E-state index in [0.717, 1.165) is 29.4 Å². The third-order valence-electron chi connectivity index (χ3n) is 3.56.